The van der Waals surface area contributed by atoms with E-state index in [9.17, 15) is 4.79 Å². The largest absolute Gasteiger partial charge is 0.334 e. The molecule has 0 fully saturated rings. The maximum Gasteiger partial charge on any atom is 0.315 e. The molecule has 134 valence electrons. The van der Waals surface area contributed by atoms with Crippen molar-refractivity contribution >= 4 is 34.9 Å². The second kappa shape index (κ2) is 8.25. The molecule has 0 saturated heterocycles. The molecule has 0 spiro atoms. The monoisotopic (exact) mass is 387 g/mol. The van der Waals surface area contributed by atoms with Crippen LogP contribution in [0.15, 0.2) is 58.5 Å². The molecule has 3 aromatic rings. The Kier molecular flexibility index (Phi) is 5.80. The Morgan fingerprint density at radius 1 is 1.12 bits per heavy atom. The van der Waals surface area contributed by atoms with Gasteiger partial charge in [-0.3, -0.25) is 4.79 Å². The molecule has 3 N–H and O–H groups in total. The van der Waals surface area contributed by atoms with Gasteiger partial charge in [-0.05, 0) is 29.7 Å². The number of nitrogens with zero attached hydrogens (tertiary/aromatic N) is 3. The van der Waals surface area contributed by atoms with Crippen molar-refractivity contribution in [2.75, 3.05) is 11.2 Å². The molecular formula is C18H18ClN5OS. The fourth-order valence-corrected chi connectivity index (χ4v) is 3.54. The van der Waals surface area contributed by atoms with E-state index in [0.717, 1.165) is 27.9 Å². The fourth-order valence-electron chi connectivity index (χ4n) is 2.40. The summed E-state index contributed by atoms with van der Waals surface area (Å²) in [6, 6.07) is 15.2. The molecule has 2 aromatic carbocycles. The second-order valence-electron chi connectivity index (χ2n) is 5.52. The van der Waals surface area contributed by atoms with E-state index in [1.807, 2.05) is 55.5 Å². The van der Waals surface area contributed by atoms with Crippen LogP contribution in [0.25, 0.3) is 0 Å². The number of hydrogen-bond acceptors (Lipinski definition) is 6. The molecule has 3 rings (SSSR count). The van der Waals surface area contributed by atoms with Crippen molar-refractivity contribution in [1.82, 2.24) is 14.9 Å². The van der Waals surface area contributed by atoms with Crippen molar-refractivity contribution in [3.8, 4) is 0 Å². The van der Waals surface area contributed by atoms with Crippen molar-refractivity contribution in [2.24, 2.45) is 0 Å². The third-order valence-electron chi connectivity index (χ3n) is 3.83. The number of rotatable bonds is 6. The zero-order valence-electron chi connectivity index (χ0n) is 14.1. The standard InChI is InChI=1S/C18H18ClN5OS/c1-2-12-7-4-6-10-15(12)21-16-17(25)24(20)18(23-22-16)26-11-13-8-3-5-9-14(13)19/h3-10H,2,11,20H2,1H3,(H,21,22). The molecule has 1 heterocycles. The normalized spacial score (nSPS) is 10.7. The summed E-state index contributed by atoms with van der Waals surface area (Å²) in [5.74, 6) is 6.55. The molecule has 0 aliphatic heterocycles. The third kappa shape index (κ3) is 4.00. The first-order valence-electron chi connectivity index (χ1n) is 8.06. The predicted molar refractivity (Wildman–Crippen MR) is 107 cm³/mol. The zero-order valence-corrected chi connectivity index (χ0v) is 15.7. The maximum absolute atomic E-state index is 12.5. The Balaban J connectivity index is 1.80. The van der Waals surface area contributed by atoms with E-state index in [2.05, 4.69) is 15.5 Å². The highest BCUT2D eigenvalue weighted by Gasteiger charge is 2.12. The van der Waals surface area contributed by atoms with E-state index >= 15 is 0 Å². The molecule has 26 heavy (non-hydrogen) atoms. The van der Waals surface area contributed by atoms with Crippen LogP contribution >= 0.6 is 23.4 Å². The highest BCUT2D eigenvalue weighted by molar-refractivity contribution is 7.98. The lowest BCUT2D eigenvalue weighted by Crippen LogP contribution is -2.32. The molecule has 0 radical (unpaired) electrons. The SMILES string of the molecule is CCc1ccccc1Nc1nnc(SCc2ccccc2Cl)n(N)c1=O. The second-order valence-corrected chi connectivity index (χ2v) is 6.87. The predicted octanol–water partition coefficient (Wildman–Crippen LogP) is 3.60. The highest BCUT2D eigenvalue weighted by atomic mass is 35.5. The summed E-state index contributed by atoms with van der Waals surface area (Å²) in [6.07, 6.45) is 0.833. The van der Waals surface area contributed by atoms with Crippen molar-refractivity contribution in [3.05, 3.63) is 75.0 Å². The van der Waals surface area contributed by atoms with Crippen LogP contribution < -0.4 is 16.7 Å². The van der Waals surface area contributed by atoms with Gasteiger partial charge in [0.25, 0.3) is 0 Å². The first kappa shape index (κ1) is 18.3. The molecule has 0 amide bonds. The van der Waals surface area contributed by atoms with Gasteiger partial charge in [0, 0.05) is 16.5 Å². The fraction of sp³-hybridized carbons (Fsp3) is 0.167. The van der Waals surface area contributed by atoms with Crippen LogP contribution in [0.3, 0.4) is 0 Å². The Labute approximate surface area is 160 Å². The number of aromatic nitrogens is 3. The van der Waals surface area contributed by atoms with E-state index in [4.69, 9.17) is 17.4 Å². The summed E-state index contributed by atoms with van der Waals surface area (Å²) in [6.45, 7) is 2.04. The summed E-state index contributed by atoms with van der Waals surface area (Å²) in [4.78, 5) is 12.5. The minimum absolute atomic E-state index is 0.0930. The van der Waals surface area contributed by atoms with Gasteiger partial charge in [-0.15, -0.1) is 10.2 Å². The van der Waals surface area contributed by atoms with Crippen molar-refractivity contribution in [2.45, 2.75) is 24.3 Å². The maximum atomic E-state index is 12.5. The number of hydrogen-bond donors (Lipinski definition) is 2. The van der Waals surface area contributed by atoms with Crippen LogP contribution in [-0.4, -0.2) is 14.9 Å². The van der Waals surface area contributed by atoms with Gasteiger partial charge in [-0.1, -0.05) is 66.7 Å². The van der Waals surface area contributed by atoms with Crippen LogP contribution in [0, 0.1) is 0 Å². The van der Waals surface area contributed by atoms with Crippen LogP contribution in [-0.2, 0) is 12.2 Å². The van der Waals surface area contributed by atoms with Crippen molar-refractivity contribution in [3.63, 3.8) is 0 Å². The number of nitrogen functional groups attached to an aromatic ring is 1. The minimum Gasteiger partial charge on any atom is -0.334 e. The number of halogens is 1. The summed E-state index contributed by atoms with van der Waals surface area (Å²) >= 11 is 7.45. The molecule has 0 bridgehead atoms. The van der Waals surface area contributed by atoms with E-state index in [1.165, 1.54) is 11.8 Å². The van der Waals surface area contributed by atoms with E-state index in [1.54, 1.807) is 0 Å². The molecule has 8 heteroatoms. The van der Waals surface area contributed by atoms with Gasteiger partial charge < -0.3 is 11.2 Å². The van der Waals surface area contributed by atoms with E-state index in [-0.39, 0.29) is 5.82 Å². The molecule has 0 aliphatic carbocycles. The number of nitrogens with two attached hydrogens (primary N) is 1. The smallest absolute Gasteiger partial charge is 0.315 e. The molecule has 0 saturated carbocycles. The topological polar surface area (TPSA) is 85.8 Å². The number of aryl methyl sites for hydroxylation is 1. The zero-order chi connectivity index (χ0) is 18.5. The van der Waals surface area contributed by atoms with E-state index in [0.29, 0.717) is 15.9 Å². The third-order valence-corrected chi connectivity index (χ3v) is 5.19. The summed E-state index contributed by atoms with van der Waals surface area (Å²) < 4.78 is 1.01. The molecule has 0 unspecified atom stereocenters. The first-order valence-corrected chi connectivity index (χ1v) is 9.42. The number of anilines is 2. The van der Waals surface area contributed by atoms with Gasteiger partial charge in [0.05, 0.1) is 0 Å². The highest BCUT2D eigenvalue weighted by Crippen LogP contribution is 2.24. The minimum atomic E-state index is -0.437. The van der Waals surface area contributed by atoms with Crippen LogP contribution in [0.2, 0.25) is 5.02 Å². The first-order chi connectivity index (χ1) is 12.6. The number of benzene rings is 2. The average Bonchev–Trinajstić information content (AvgIpc) is 2.66. The lowest BCUT2D eigenvalue weighted by atomic mass is 10.1. The average molecular weight is 388 g/mol. The molecule has 1 aromatic heterocycles. The van der Waals surface area contributed by atoms with Gasteiger partial charge in [-0.25, -0.2) is 0 Å². The quantitative estimate of drug-likeness (QED) is 0.496. The molecular weight excluding hydrogens is 370 g/mol. The Bertz CT molecular complexity index is 976. The van der Waals surface area contributed by atoms with Gasteiger partial charge in [-0.2, -0.15) is 4.68 Å². The van der Waals surface area contributed by atoms with Crippen LogP contribution in [0.5, 0.6) is 0 Å². The summed E-state index contributed by atoms with van der Waals surface area (Å²) in [5, 5.41) is 12.1. The van der Waals surface area contributed by atoms with Gasteiger partial charge in [0.1, 0.15) is 0 Å². The Morgan fingerprint density at radius 2 is 1.81 bits per heavy atom. The summed E-state index contributed by atoms with van der Waals surface area (Å²) in [5.41, 5.74) is 2.40. The Hall–Kier alpha value is -2.51. The molecule has 0 atom stereocenters. The van der Waals surface area contributed by atoms with E-state index < -0.39 is 5.56 Å². The van der Waals surface area contributed by atoms with Crippen LogP contribution in [0.1, 0.15) is 18.1 Å². The van der Waals surface area contributed by atoms with Crippen molar-refractivity contribution in [1.29, 1.82) is 0 Å². The van der Waals surface area contributed by atoms with Crippen LogP contribution in [0.4, 0.5) is 11.5 Å². The number of thioether (sulfide) groups is 1. The van der Waals surface area contributed by atoms with Crippen molar-refractivity contribution < 1.29 is 0 Å². The lowest BCUT2D eigenvalue weighted by molar-refractivity contribution is 0.704. The van der Waals surface area contributed by atoms with Gasteiger partial charge in [0.2, 0.25) is 11.0 Å². The summed E-state index contributed by atoms with van der Waals surface area (Å²) in [7, 11) is 0. The number of para-hydroxylation sites is 1. The Morgan fingerprint density at radius 3 is 2.54 bits per heavy atom. The number of nitrogens with one attached hydrogen (secondary N) is 1. The molecule has 0 aliphatic rings. The lowest BCUT2D eigenvalue weighted by Gasteiger charge is -2.11. The molecule has 6 nitrogen and oxygen atoms in total. The van der Waals surface area contributed by atoms with Gasteiger partial charge in [0.15, 0.2) is 0 Å². The van der Waals surface area contributed by atoms with Gasteiger partial charge >= 0.3 is 5.56 Å².